The molecule has 1 unspecified atom stereocenters. The molecule has 6 heteroatoms. The first-order valence-corrected chi connectivity index (χ1v) is 11.3. The quantitative estimate of drug-likeness (QED) is 0.296. The van der Waals surface area contributed by atoms with Crippen LogP contribution in [0.5, 0.6) is 0 Å². The van der Waals surface area contributed by atoms with E-state index < -0.39 is 23.5 Å². The fourth-order valence-electron chi connectivity index (χ4n) is 4.72. The van der Waals surface area contributed by atoms with E-state index in [1.165, 1.54) is 34.7 Å². The highest BCUT2D eigenvalue weighted by atomic mass is 35.5. The molecule has 1 saturated heterocycles. The number of anilines is 1. The normalized spacial score (nSPS) is 19.6. The number of hydrogen-bond donors (Lipinski definition) is 1. The molecule has 4 nitrogen and oxygen atoms in total. The van der Waals surface area contributed by atoms with E-state index in [2.05, 4.69) is 0 Å². The van der Waals surface area contributed by atoms with Gasteiger partial charge in [-0.15, -0.1) is 0 Å². The fourth-order valence-corrected chi connectivity index (χ4v) is 4.91. The van der Waals surface area contributed by atoms with Gasteiger partial charge in [0, 0.05) is 16.3 Å². The predicted molar refractivity (Wildman–Crippen MR) is 126 cm³/mol. The molecule has 0 radical (unpaired) electrons. The summed E-state index contributed by atoms with van der Waals surface area (Å²) in [5.74, 6) is -2.24. The first kappa shape index (κ1) is 21.4. The zero-order valence-corrected chi connectivity index (χ0v) is 18.5. The maximum Gasteiger partial charge on any atom is 0.300 e. The summed E-state index contributed by atoms with van der Waals surface area (Å²) < 4.78 is 13.7. The van der Waals surface area contributed by atoms with Crippen LogP contribution in [0, 0.1) is 5.82 Å². The Hall–Kier alpha value is -3.44. The lowest BCUT2D eigenvalue weighted by Crippen LogP contribution is -2.29. The molecule has 1 fully saturated rings. The van der Waals surface area contributed by atoms with Crippen molar-refractivity contribution in [3.05, 3.63) is 105 Å². The number of aryl methyl sites for hydroxylation is 2. The van der Waals surface area contributed by atoms with Crippen LogP contribution in [-0.4, -0.2) is 16.8 Å². The van der Waals surface area contributed by atoms with Crippen LogP contribution in [0.3, 0.4) is 0 Å². The first-order valence-electron chi connectivity index (χ1n) is 10.9. The molecular formula is C27H21ClFNO3. The number of aliphatic hydroxyl groups excluding tert-OH is 1. The molecule has 1 amide bonds. The van der Waals surface area contributed by atoms with E-state index in [4.69, 9.17) is 11.6 Å². The predicted octanol–water partition coefficient (Wildman–Crippen LogP) is 5.98. The minimum absolute atomic E-state index is 0.0256. The largest absolute Gasteiger partial charge is 0.507 e. The molecule has 2 aliphatic rings. The Bertz CT molecular complexity index is 1300. The molecule has 5 rings (SSSR count). The summed E-state index contributed by atoms with van der Waals surface area (Å²) in [4.78, 5) is 27.7. The number of amides is 1. The van der Waals surface area contributed by atoms with Gasteiger partial charge in [-0.1, -0.05) is 41.9 Å². The topological polar surface area (TPSA) is 57.6 Å². The summed E-state index contributed by atoms with van der Waals surface area (Å²) in [6, 6.07) is 16.9. The van der Waals surface area contributed by atoms with Crippen LogP contribution in [-0.2, 0) is 22.4 Å². The Labute approximate surface area is 195 Å². The maximum absolute atomic E-state index is 13.7. The van der Waals surface area contributed by atoms with Crippen LogP contribution in [0.15, 0.2) is 72.3 Å². The molecule has 1 atom stereocenters. The molecule has 1 heterocycles. The molecule has 0 spiro atoms. The van der Waals surface area contributed by atoms with Crippen molar-refractivity contribution in [3.8, 4) is 0 Å². The van der Waals surface area contributed by atoms with Crippen molar-refractivity contribution in [1.29, 1.82) is 0 Å². The van der Waals surface area contributed by atoms with E-state index in [0.717, 1.165) is 31.2 Å². The summed E-state index contributed by atoms with van der Waals surface area (Å²) in [7, 11) is 0. The third kappa shape index (κ3) is 3.83. The lowest BCUT2D eigenvalue weighted by atomic mass is 9.88. The van der Waals surface area contributed by atoms with Gasteiger partial charge in [0.2, 0.25) is 0 Å². The van der Waals surface area contributed by atoms with Crippen molar-refractivity contribution in [2.75, 3.05) is 4.90 Å². The minimum Gasteiger partial charge on any atom is -0.507 e. The molecule has 0 bridgehead atoms. The molecular weight excluding hydrogens is 441 g/mol. The van der Waals surface area contributed by atoms with Crippen LogP contribution in [0.4, 0.5) is 10.1 Å². The lowest BCUT2D eigenvalue weighted by Gasteiger charge is -2.25. The second-order valence-electron chi connectivity index (χ2n) is 8.39. The molecule has 1 aliphatic heterocycles. The second kappa shape index (κ2) is 8.49. The van der Waals surface area contributed by atoms with Crippen molar-refractivity contribution in [2.24, 2.45) is 0 Å². The van der Waals surface area contributed by atoms with E-state index in [0.29, 0.717) is 21.8 Å². The van der Waals surface area contributed by atoms with Crippen LogP contribution in [0.2, 0.25) is 5.02 Å². The van der Waals surface area contributed by atoms with Crippen LogP contribution in [0.25, 0.3) is 5.76 Å². The van der Waals surface area contributed by atoms with Gasteiger partial charge in [-0.25, -0.2) is 4.39 Å². The third-order valence-electron chi connectivity index (χ3n) is 6.34. The zero-order chi connectivity index (χ0) is 23.1. The number of halogens is 2. The number of nitrogens with zero attached hydrogens (tertiary/aromatic N) is 1. The van der Waals surface area contributed by atoms with Crippen molar-refractivity contribution in [2.45, 2.75) is 31.7 Å². The van der Waals surface area contributed by atoms with E-state index >= 15 is 0 Å². The number of benzene rings is 3. The van der Waals surface area contributed by atoms with Gasteiger partial charge >= 0.3 is 0 Å². The van der Waals surface area contributed by atoms with Gasteiger partial charge < -0.3 is 5.11 Å². The van der Waals surface area contributed by atoms with Crippen molar-refractivity contribution < 1.29 is 19.1 Å². The van der Waals surface area contributed by atoms with Gasteiger partial charge in [0.05, 0.1) is 11.6 Å². The van der Waals surface area contributed by atoms with Crippen molar-refractivity contribution in [3.63, 3.8) is 0 Å². The standard InChI is InChI=1S/C27H21ClFNO3/c28-20-6-3-7-22(15-20)30-24(17-10-12-21(29)13-11-17)23(26(32)27(30)33)25(31)19-9-8-16-4-1-2-5-18(16)14-19/h3,6-15,24,31H,1-2,4-5H2/b25-23-. The summed E-state index contributed by atoms with van der Waals surface area (Å²) in [6.45, 7) is 0. The van der Waals surface area contributed by atoms with Gasteiger partial charge in [0.1, 0.15) is 11.6 Å². The molecule has 33 heavy (non-hydrogen) atoms. The molecule has 1 aliphatic carbocycles. The summed E-state index contributed by atoms with van der Waals surface area (Å²) >= 11 is 6.15. The smallest absolute Gasteiger partial charge is 0.300 e. The molecule has 0 saturated carbocycles. The minimum atomic E-state index is -0.917. The van der Waals surface area contributed by atoms with Crippen LogP contribution >= 0.6 is 11.6 Å². The van der Waals surface area contributed by atoms with Crippen molar-refractivity contribution >= 4 is 34.7 Å². The van der Waals surface area contributed by atoms with Crippen LogP contribution < -0.4 is 4.90 Å². The van der Waals surface area contributed by atoms with Gasteiger partial charge in [-0.2, -0.15) is 0 Å². The number of aliphatic hydroxyl groups is 1. The monoisotopic (exact) mass is 461 g/mol. The summed E-state index contributed by atoms with van der Waals surface area (Å²) in [6.07, 6.45) is 4.11. The van der Waals surface area contributed by atoms with E-state index in [9.17, 15) is 19.1 Å². The van der Waals surface area contributed by atoms with Gasteiger partial charge in [-0.05, 0) is 78.8 Å². The maximum atomic E-state index is 13.7. The molecule has 3 aromatic rings. The lowest BCUT2D eigenvalue weighted by molar-refractivity contribution is -0.132. The highest BCUT2D eigenvalue weighted by molar-refractivity contribution is 6.51. The number of ketones is 1. The van der Waals surface area contributed by atoms with E-state index in [1.807, 2.05) is 12.1 Å². The summed E-state index contributed by atoms with van der Waals surface area (Å²) in [5.41, 5.74) is 3.78. The Kier molecular flexibility index (Phi) is 5.51. The Morgan fingerprint density at radius 1 is 0.939 bits per heavy atom. The van der Waals surface area contributed by atoms with Gasteiger partial charge in [0.15, 0.2) is 0 Å². The zero-order valence-electron chi connectivity index (χ0n) is 17.7. The molecule has 0 aromatic heterocycles. The number of rotatable bonds is 3. The number of fused-ring (bicyclic) bond motifs is 1. The average Bonchev–Trinajstić information content (AvgIpc) is 3.09. The Balaban J connectivity index is 1.69. The number of carbonyl (C=O) groups is 2. The molecule has 3 aromatic carbocycles. The van der Waals surface area contributed by atoms with Crippen molar-refractivity contribution in [1.82, 2.24) is 0 Å². The van der Waals surface area contributed by atoms with Gasteiger partial charge in [0.25, 0.3) is 11.7 Å². The van der Waals surface area contributed by atoms with Gasteiger partial charge in [-0.3, -0.25) is 14.5 Å². The third-order valence-corrected chi connectivity index (χ3v) is 6.57. The summed E-state index contributed by atoms with van der Waals surface area (Å²) in [5, 5.41) is 11.7. The fraction of sp³-hybridized carbons (Fsp3) is 0.185. The second-order valence-corrected chi connectivity index (χ2v) is 8.83. The molecule has 166 valence electrons. The highest BCUT2D eigenvalue weighted by Gasteiger charge is 2.47. The highest BCUT2D eigenvalue weighted by Crippen LogP contribution is 2.43. The number of hydrogen-bond acceptors (Lipinski definition) is 3. The van der Waals surface area contributed by atoms with E-state index in [1.54, 1.807) is 30.3 Å². The molecule has 1 N–H and O–H groups in total. The Morgan fingerprint density at radius 2 is 1.67 bits per heavy atom. The SMILES string of the molecule is O=C1C(=O)N(c2cccc(Cl)c2)C(c2ccc(F)cc2)/C1=C(/O)c1ccc2c(c1)CCCC2. The first-order chi connectivity index (χ1) is 15.9. The number of carbonyl (C=O) groups excluding carboxylic acids is 2. The van der Waals surface area contributed by atoms with Crippen LogP contribution in [0.1, 0.15) is 41.1 Å². The average molecular weight is 462 g/mol. The number of Topliss-reactive ketones (excluding diaryl/α,β-unsaturated/α-hetero) is 1. The Morgan fingerprint density at radius 3 is 2.39 bits per heavy atom. The van der Waals surface area contributed by atoms with E-state index in [-0.39, 0.29) is 11.3 Å².